The number of rotatable bonds is 5. The second-order valence-electron chi connectivity index (χ2n) is 4.60. The number of halogens is 1. The van der Waals surface area contributed by atoms with Gasteiger partial charge in [0.15, 0.2) is 0 Å². The number of nitrogens with zero attached hydrogens (tertiary/aromatic N) is 1. The second-order valence-corrected chi connectivity index (χ2v) is 4.86. The van der Waals surface area contributed by atoms with Crippen LogP contribution in [0.4, 0.5) is 0 Å². The van der Waals surface area contributed by atoms with Crippen LogP contribution in [0.5, 0.6) is 11.5 Å². The van der Waals surface area contributed by atoms with E-state index in [1.54, 1.807) is 6.20 Å². The summed E-state index contributed by atoms with van der Waals surface area (Å²) >= 11 is 5.76. The molecule has 3 heteroatoms. The topological polar surface area (TPSA) is 22.1 Å². The minimum Gasteiger partial charge on any atom is -0.457 e. The Hall–Kier alpha value is -1.54. The molecule has 0 radical (unpaired) electrons. The summed E-state index contributed by atoms with van der Waals surface area (Å²) < 4.78 is 5.79. The summed E-state index contributed by atoms with van der Waals surface area (Å²) in [5.74, 6) is 2.57. The molecule has 19 heavy (non-hydrogen) atoms. The fourth-order valence-electron chi connectivity index (χ4n) is 1.83. The number of aromatic nitrogens is 1. The molecule has 0 aliphatic heterocycles. The van der Waals surface area contributed by atoms with Crippen LogP contribution in [0.3, 0.4) is 0 Å². The Balaban J connectivity index is 2.10. The van der Waals surface area contributed by atoms with Crippen LogP contribution >= 0.6 is 11.6 Å². The lowest BCUT2D eigenvalue weighted by molar-refractivity contribution is 0.481. The molecule has 1 atom stereocenters. The molecule has 0 saturated carbocycles. The largest absolute Gasteiger partial charge is 0.457 e. The molecular formula is C16H18ClNO. The fourth-order valence-corrected chi connectivity index (χ4v) is 1.97. The molecule has 2 aromatic rings. The van der Waals surface area contributed by atoms with Crippen molar-refractivity contribution in [1.29, 1.82) is 0 Å². The van der Waals surface area contributed by atoms with Crippen molar-refractivity contribution in [2.45, 2.75) is 32.1 Å². The third kappa shape index (κ3) is 3.71. The van der Waals surface area contributed by atoms with Crippen molar-refractivity contribution < 1.29 is 4.74 Å². The Kier molecular flexibility index (Phi) is 4.80. The first-order chi connectivity index (χ1) is 9.22. The molecule has 0 bridgehead atoms. The number of benzene rings is 1. The van der Waals surface area contributed by atoms with E-state index in [4.69, 9.17) is 16.3 Å². The average molecular weight is 276 g/mol. The van der Waals surface area contributed by atoms with Crippen molar-refractivity contribution in [3.63, 3.8) is 0 Å². The van der Waals surface area contributed by atoms with Gasteiger partial charge in [0, 0.05) is 12.3 Å². The summed E-state index contributed by atoms with van der Waals surface area (Å²) in [4.78, 5) is 4.14. The van der Waals surface area contributed by atoms with Gasteiger partial charge in [0.2, 0.25) is 0 Å². The zero-order valence-electron chi connectivity index (χ0n) is 11.3. The van der Waals surface area contributed by atoms with Crippen LogP contribution in [0.1, 0.15) is 37.4 Å². The summed E-state index contributed by atoms with van der Waals surface area (Å²) in [6, 6.07) is 11.9. The van der Waals surface area contributed by atoms with E-state index < -0.39 is 0 Å². The maximum atomic E-state index is 5.79. The molecule has 0 fully saturated rings. The SMILES string of the molecule is CCC(C)c1ccc(Oc2ccnc(CCl)c2)cc1. The standard InChI is InChI=1S/C16H18ClNO/c1-3-12(2)13-4-6-15(7-5-13)19-16-8-9-18-14(10-16)11-17/h4-10,12H,3,11H2,1-2H3. The molecule has 0 N–H and O–H groups in total. The number of alkyl halides is 1. The predicted octanol–water partition coefficient (Wildman–Crippen LogP) is 5.13. The smallest absolute Gasteiger partial charge is 0.130 e. The maximum absolute atomic E-state index is 5.79. The first-order valence-electron chi connectivity index (χ1n) is 6.51. The van der Waals surface area contributed by atoms with E-state index in [2.05, 4.69) is 31.0 Å². The van der Waals surface area contributed by atoms with Gasteiger partial charge in [-0.25, -0.2) is 0 Å². The lowest BCUT2D eigenvalue weighted by atomic mass is 9.99. The van der Waals surface area contributed by atoms with Gasteiger partial charge in [0.05, 0.1) is 11.6 Å². The van der Waals surface area contributed by atoms with Gasteiger partial charge >= 0.3 is 0 Å². The zero-order chi connectivity index (χ0) is 13.7. The van der Waals surface area contributed by atoms with Crippen LogP contribution in [-0.4, -0.2) is 4.98 Å². The summed E-state index contributed by atoms with van der Waals surface area (Å²) in [5, 5.41) is 0. The number of hydrogen-bond acceptors (Lipinski definition) is 2. The Labute approximate surface area is 119 Å². The van der Waals surface area contributed by atoms with E-state index in [0.717, 1.165) is 23.6 Å². The van der Waals surface area contributed by atoms with Gasteiger partial charge in [-0.05, 0) is 36.1 Å². The first kappa shape index (κ1) is 13.9. The molecule has 0 spiro atoms. The lowest BCUT2D eigenvalue weighted by Gasteiger charge is -2.10. The van der Waals surface area contributed by atoms with Gasteiger partial charge in [-0.15, -0.1) is 11.6 Å². The highest BCUT2D eigenvalue weighted by Gasteiger charge is 2.04. The molecule has 0 saturated heterocycles. The highest BCUT2D eigenvalue weighted by atomic mass is 35.5. The van der Waals surface area contributed by atoms with E-state index >= 15 is 0 Å². The van der Waals surface area contributed by atoms with E-state index in [9.17, 15) is 0 Å². The molecule has 0 aliphatic carbocycles. The first-order valence-corrected chi connectivity index (χ1v) is 7.05. The minimum absolute atomic E-state index is 0.393. The van der Waals surface area contributed by atoms with E-state index in [-0.39, 0.29) is 0 Å². The molecular weight excluding hydrogens is 258 g/mol. The van der Waals surface area contributed by atoms with Crippen molar-refractivity contribution in [3.05, 3.63) is 53.9 Å². The fraction of sp³-hybridized carbons (Fsp3) is 0.312. The molecule has 1 aromatic carbocycles. The van der Waals surface area contributed by atoms with Crippen molar-refractivity contribution in [2.75, 3.05) is 0 Å². The Morgan fingerprint density at radius 2 is 1.89 bits per heavy atom. The van der Waals surface area contributed by atoms with Gasteiger partial charge < -0.3 is 4.74 Å². The Morgan fingerprint density at radius 1 is 1.16 bits per heavy atom. The highest BCUT2D eigenvalue weighted by molar-refractivity contribution is 6.16. The minimum atomic E-state index is 0.393. The summed E-state index contributed by atoms with van der Waals surface area (Å²) in [6.07, 6.45) is 2.85. The van der Waals surface area contributed by atoms with Crippen LogP contribution in [0.2, 0.25) is 0 Å². The van der Waals surface area contributed by atoms with Crippen LogP contribution in [0.15, 0.2) is 42.6 Å². The van der Waals surface area contributed by atoms with Crippen molar-refractivity contribution in [3.8, 4) is 11.5 Å². The van der Waals surface area contributed by atoms with Crippen molar-refractivity contribution in [1.82, 2.24) is 4.98 Å². The van der Waals surface area contributed by atoms with Crippen LogP contribution in [0.25, 0.3) is 0 Å². The summed E-state index contributed by atoms with van der Waals surface area (Å²) in [5.41, 5.74) is 2.15. The lowest BCUT2D eigenvalue weighted by Crippen LogP contribution is -1.92. The Morgan fingerprint density at radius 3 is 2.53 bits per heavy atom. The van der Waals surface area contributed by atoms with Gasteiger partial charge in [-0.3, -0.25) is 4.98 Å². The molecule has 1 aromatic heterocycles. The van der Waals surface area contributed by atoms with Gasteiger partial charge in [0.25, 0.3) is 0 Å². The zero-order valence-corrected chi connectivity index (χ0v) is 12.0. The second kappa shape index (κ2) is 6.58. The van der Waals surface area contributed by atoms with E-state index in [1.807, 2.05) is 24.3 Å². The quantitative estimate of drug-likeness (QED) is 0.706. The molecule has 0 amide bonds. The molecule has 2 rings (SSSR count). The van der Waals surface area contributed by atoms with E-state index in [1.165, 1.54) is 5.56 Å². The van der Waals surface area contributed by atoms with Crippen LogP contribution < -0.4 is 4.74 Å². The summed E-state index contributed by atoms with van der Waals surface area (Å²) in [7, 11) is 0. The summed E-state index contributed by atoms with van der Waals surface area (Å²) in [6.45, 7) is 4.42. The van der Waals surface area contributed by atoms with Crippen LogP contribution in [0, 0.1) is 0 Å². The molecule has 2 nitrogen and oxygen atoms in total. The van der Waals surface area contributed by atoms with E-state index in [0.29, 0.717) is 11.8 Å². The monoisotopic (exact) mass is 275 g/mol. The number of hydrogen-bond donors (Lipinski definition) is 0. The van der Waals surface area contributed by atoms with Crippen LogP contribution in [-0.2, 0) is 5.88 Å². The predicted molar refractivity (Wildman–Crippen MR) is 79.0 cm³/mol. The molecule has 100 valence electrons. The van der Waals surface area contributed by atoms with Crippen molar-refractivity contribution in [2.24, 2.45) is 0 Å². The van der Waals surface area contributed by atoms with Gasteiger partial charge in [0.1, 0.15) is 11.5 Å². The number of pyridine rings is 1. The number of ether oxygens (including phenoxy) is 1. The average Bonchev–Trinajstić information content (AvgIpc) is 2.47. The van der Waals surface area contributed by atoms with Gasteiger partial charge in [-0.2, -0.15) is 0 Å². The molecule has 1 unspecified atom stereocenters. The maximum Gasteiger partial charge on any atom is 0.130 e. The van der Waals surface area contributed by atoms with Crippen molar-refractivity contribution >= 4 is 11.6 Å². The van der Waals surface area contributed by atoms with Gasteiger partial charge in [-0.1, -0.05) is 26.0 Å². The highest BCUT2D eigenvalue weighted by Crippen LogP contribution is 2.25. The third-order valence-corrected chi connectivity index (χ3v) is 3.50. The third-order valence-electron chi connectivity index (χ3n) is 3.22. The molecule has 0 aliphatic rings. The molecule has 1 heterocycles. The Bertz CT molecular complexity index is 525. The normalized spacial score (nSPS) is 12.2.